The number of carbonyl (C=O) groups excluding carboxylic acids is 1. The lowest BCUT2D eigenvalue weighted by molar-refractivity contribution is -0.194. The van der Waals surface area contributed by atoms with Gasteiger partial charge in [-0.3, -0.25) is 4.79 Å². The maximum atomic E-state index is 12.3. The molecule has 0 aromatic rings. The molecule has 5 aliphatic rings. The van der Waals surface area contributed by atoms with E-state index in [0.29, 0.717) is 36.9 Å². The van der Waals surface area contributed by atoms with Crippen molar-refractivity contribution in [2.24, 2.45) is 40.4 Å². The lowest BCUT2D eigenvalue weighted by Gasteiger charge is -2.58. The van der Waals surface area contributed by atoms with Crippen molar-refractivity contribution in [3.05, 3.63) is 23.0 Å². The quantitative estimate of drug-likeness (QED) is 0.139. The summed E-state index contributed by atoms with van der Waals surface area (Å²) >= 11 is 1.01. The Morgan fingerprint density at radius 1 is 1.11 bits per heavy atom. The predicted octanol–water partition coefficient (Wildman–Crippen LogP) is 7.31. The summed E-state index contributed by atoms with van der Waals surface area (Å²) in [5.74, 6) is 2.34. The van der Waals surface area contributed by atoms with Gasteiger partial charge in [0.25, 0.3) is 0 Å². The maximum absolute atomic E-state index is 12.3. The van der Waals surface area contributed by atoms with E-state index < -0.39 is 5.79 Å². The van der Waals surface area contributed by atoms with E-state index in [1.807, 2.05) is 0 Å². The van der Waals surface area contributed by atoms with Crippen LogP contribution in [0.25, 0.3) is 0 Å². The molecule has 210 valence electrons. The zero-order chi connectivity index (χ0) is 27.3. The summed E-state index contributed by atoms with van der Waals surface area (Å²) in [6, 6.07) is 0. The van der Waals surface area contributed by atoms with E-state index in [0.717, 1.165) is 69.0 Å². The molecule has 1 aliphatic heterocycles. The molecule has 0 spiro atoms. The van der Waals surface area contributed by atoms with Gasteiger partial charge in [0.2, 0.25) is 7.12 Å². The van der Waals surface area contributed by atoms with E-state index in [9.17, 15) is 4.79 Å². The number of fused-ring (bicyclic) bond motifs is 5. The van der Waals surface area contributed by atoms with E-state index in [4.69, 9.17) is 25.5 Å². The van der Waals surface area contributed by atoms with E-state index >= 15 is 0 Å². The van der Waals surface area contributed by atoms with Crippen molar-refractivity contribution >= 4 is 25.0 Å². The molecule has 5 rings (SSSR count). The van der Waals surface area contributed by atoms with E-state index in [2.05, 4.69) is 40.7 Å². The summed E-state index contributed by atoms with van der Waals surface area (Å²) in [7, 11) is 5.63. The van der Waals surface area contributed by atoms with Crippen LogP contribution in [-0.4, -0.2) is 38.2 Å². The number of allylic oxidation sites excluding steroid dienone is 2. The van der Waals surface area contributed by atoms with Crippen LogP contribution in [0.3, 0.4) is 0 Å². The van der Waals surface area contributed by atoms with Crippen molar-refractivity contribution in [1.82, 2.24) is 0 Å². The second-order valence-electron chi connectivity index (χ2n) is 13.6. The van der Waals surface area contributed by atoms with Crippen LogP contribution in [-0.2, 0) is 23.2 Å². The molecule has 5 nitrogen and oxygen atoms in total. The average Bonchev–Trinajstić information content (AvgIpc) is 3.45. The van der Waals surface area contributed by atoms with Gasteiger partial charge in [-0.25, -0.2) is 0 Å². The second-order valence-corrected chi connectivity index (χ2v) is 14.0. The largest absolute Gasteiger partial charge is 0.431 e. The summed E-state index contributed by atoms with van der Waals surface area (Å²) in [6.07, 6.45) is 12.1. The predicted molar refractivity (Wildman–Crippen MR) is 152 cm³/mol. The van der Waals surface area contributed by atoms with E-state index in [1.165, 1.54) is 18.9 Å². The molecule has 0 aromatic heterocycles. The summed E-state index contributed by atoms with van der Waals surface area (Å²) in [4.78, 5) is 12.3. The molecule has 2 saturated carbocycles. The van der Waals surface area contributed by atoms with Crippen LogP contribution in [0.5, 0.6) is 0 Å². The van der Waals surface area contributed by atoms with Gasteiger partial charge in [0.1, 0.15) is 5.76 Å². The Hall–Kier alpha value is -0.755. The minimum absolute atomic E-state index is 0.0241. The first-order valence-corrected chi connectivity index (χ1v) is 15.8. The Kier molecular flexibility index (Phi) is 8.26. The molecule has 1 saturated heterocycles. The van der Waals surface area contributed by atoms with Crippen molar-refractivity contribution in [3.8, 4) is 0 Å². The summed E-state index contributed by atoms with van der Waals surface area (Å²) < 4.78 is 24.7. The van der Waals surface area contributed by atoms with Gasteiger partial charge in [-0.05, 0) is 85.0 Å². The Morgan fingerprint density at radius 2 is 1.82 bits per heavy atom. The fraction of sp³-hybridized carbons (Fsp3) is 0.839. The van der Waals surface area contributed by atoms with Crippen LogP contribution in [0.1, 0.15) is 99.3 Å². The van der Waals surface area contributed by atoms with Gasteiger partial charge >= 0.3 is 5.97 Å². The van der Waals surface area contributed by atoms with Gasteiger partial charge < -0.3 is 18.4 Å². The Bertz CT molecular complexity index is 971. The Morgan fingerprint density at radius 3 is 2.47 bits per heavy atom. The highest BCUT2D eigenvalue weighted by atomic mass is 32.2. The standard InChI is InChI=1S/C31H47BO5S/c1-19(2)9-14-31(34-15-16-35-31)20(3)28-27(36-21(4)33)18-26-24-8-7-22-17-23(37-38-32)10-12-29(22,5)25(24)11-13-30(26,28)6/h7,19-20,23-26H,8-18H2,1-6H3. The van der Waals surface area contributed by atoms with Gasteiger partial charge in [-0.15, -0.1) is 0 Å². The SMILES string of the molecule is [B]SOC1CCC2(C)C(=CCC3C2CCC2(C)C(C(C)C4(CCC(C)C)OCCO4)=C(OC(C)=O)CC32)C1. The molecule has 2 radical (unpaired) electrons. The zero-order valence-electron chi connectivity index (χ0n) is 24.3. The lowest BCUT2D eigenvalue weighted by Crippen LogP contribution is -2.51. The van der Waals surface area contributed by atoms with E-state index in [-0.39, 0.29) is 28.8 Å². The van der Waals surface area contributed by atoms with Gasteiger partial charge in [-0.1, -0.05) is 58.2 Å². The molecule has 7 unspecified atom stereocenters. The average molecular weight is 543 g/mol. The highest BCUT2D eigenvalue weighted by Crippen LogP contribution is 2.68. The molecule has 0 aromatic carbocycles. The molecule has 7 atom stereocenters. The summed E-state index contributed by atoms with van der Waals surface area (Å²) in [6.45, 7) is 14.5. The molecule has 38 heavy (non-hydrogen) atoms. The third kappa shape index (κ3) is 4.86. The van der Waals surface area contributed by atoms with Gasteiger partial charge in [0.15, 0.2) is 5.79 Å². The molecule has 0 bridgehead atoms. The monoisotopic (exact) mass is 542 g/mol. The number of hydrogen-bond donors (Lipinski definition) is 0. The molecule has 3 fully saturated rings. The second kappa shape index (κ2) is 10.9. The normalized spacial score (nSPS) is 38.9. The van der Waals surface area contributed by atoms with Crippen LogP contribution in [0.4, 0.5) is 0 Å². The van der Waals surface area contributed by atoms with Crippen LogP contribution < -0.4 is 0 Å². The van der Waals surface area contributed by atoms with Crippen molar-refractivity contribution in [2.45, 2.75) is 111 Å². The van der Waals surface area contributed by atoms with E-state index in [1.54, 1.807) is 5.57 Å². The van der Waals surface area contributed by atoms with Crippen molar-refractivity contribution in [3.63, 3.8) is 0 Å². The number of rotatable bonds is 8. The highest BCUT2D eigenvalue weighted by Gasteiger charge is 2.61. The van der Waals surface area contributed by atoms with Gasteiger partial charge in [0.05, 0.1) is 19.3 Å². The number of ether oxygens (including phenoxy) is 3. The van der Waals surface area contributed by atoms with Crippen molar-refractivity contribution < 1.29 is 23.2 Å². The lowest BCUT2D eigenvalue weighted by atomic mass is 9.47. The third-order valence-electron chi connectivity index (χ3n) is 11.2. The fourth-order valence-electron chi connectivity index (χ4n) is 9.24. The van der Waals surface area contributed by atoms with Crippen LogP contribution >= 0.6 is 11.9 Å². The third-order valence-corrected chi connectivity index (χ3v) is 11.6. The Balaban J connectivity index is 1.46. The zero-order valence-corrected chi connectivity index (χ0v) is 25.2. The first-order valence-electron chi connectivity index (χ1n) is 15.0. The van der Waals surface area contributed by atoms with Crippen molar-refractivity contribution in [2.75, 3.05) is 13.2 Å². The molecule has 0 amide bonds. The fourth-order valence-corrected chi connectivity index (χ4v) is 9.57. The van der Waals surface area contributed by atoms with Crippen LogP contribution in [0.15, 0.2) is 23.0 Å². The molecular formula is C31H47BO5S. The summed E-state index contributed by atoms with van der Waals surface area (Å²) in [5, 5.41) is 0. The first kappa shape index (κ1) is 28.8. The number of hydrogen-bond acceptors (Lipinski definition) is 6. The smallest absolute Gasteiger partial charge is 0.307 e. The minimum atomic E-state index is -0.634. The highest BCUT2D eigenvalue weighted by molar-refractivity contribution is 8.15. The number of esters is 1. The van der Waals surface area contributed by atoms with Crippen LogP contribution in [0, 0.1) is 40.4 Å². The number of carbonyl (C=O) groups is 1. The molecule has 1 heterocycles. The first-order chi connectivity index (χ1) is 18.0. The topological polar surface area (TPSA) is 54.0 Å². The molecule has 4 aliphatic carbocycles. The minimum Gasteiger partial charge on any atom is -0.431 e. The molecule has 0 N–H and O–H groups in total. The van der Waals surface area contributed by atoms with Gasteiger partial charge in [0, 0.05) is 25.7 Å². The molecule has 7 heteroatoms. The summed E-state index contributed by atoms with van der Waals surface area (Å²) in [5.41, 5.74) is 3.06. The Labute approximate surface area is 235 Å². The van der Waals surface area contributed by atoms with Crippen LogP contribution in [0.2, 0.25) is 0 Å². The van der Waals surface area contributed by atoms with Crippen molar-refractivity contribution in [1.29, 1.82) is 0 Å². The van der Waals surface area contributed by atoms with Gasteiger partial charge in [-0.2, -0.15) is 0 Å². The maximum Gasteiger partial charge on any atom is 0.307 e. The molecular weight excluding hydrogens is 495 g/mol.